The molecule has 0 spiro atoms. The second kappa shape index (κ2) is 7.28. The summed E-state index contributed by atoms with van der Waals surface area (Å²) in [4.78, 5) is 12.0. The van der Waals surface area contributed by atoms with Crippen LogP contribution in [-0.4, -0.2) is 35.4 Å². The van der Waals surface area contributed by atoms with Crippen molar-refractivity contribution in [2.45, 2.75) is 13.1 Å². The second-order valence-electron chi connectivity index (χ2n) is 4.65. The zero-order chi connectivity index (χ0) is 16.9. The van der Waals surface area contributed by atoms with E-state index in [0.717, 1.165) is 10.7 Å². The molecule has 1 heterocycles. The van der Waals surface area contributed by atoms with Gasteiger partial charge in [-0.3, -0.25) is 4.79 Å². The number of aromatic nitrogens is 2. The molecule has 0 unspecified atom stereocenters. The maximum Gasteiger partial charge on any atom is 0.435 e. The molecule has 1 amide bonds. The number of nitrogens with zero attached hydrogens (tertiary/aromatic N) is 2. The van der Waals surface area contributed by atoms with Gasteiger partial charge in [-0.1, -0.05) is 6.07 Å². The number of carbonyl (C=O) groups is 1. The lowest BCUT2D eigenvalue weighted by atomic mass is 10.2. The molecule has 0 bridgehead atoms. The van der Waals surface area contributed by atoms with Crippen molar-refractivity contribution in [2.75, 3.05) is 19.8 Å². The highest BCUT2D eigenvalue weighted by Gasteiger charge is 2.33. The molecule has 23 heavy (non-hydrogen) atoms. The largest absolute Gasteiger partial charge is 0.435 e. The SMILES string of the molecule is CCOCCNC(=O)c1cccc(-n2ccc(C(F)(F)F)n2)c1. The van der Waals surface area contributed by atoms with Crippen molar-refractivity contribution >= 4 is 5.91 Å². The van der Waals surface area contributed by atoms with E-state index in [9.17, 15) is 18.0 Å². The first-order valence-electron chi connectivity index (χ1n) is 7.01. The summed E-state index contributed by atoms with van der Waals surface area (Å²) in [6.45, 7) is 3.17. The minimum atomic E-state index is -4.50. The highest BCUT2D eigenvalue weighted by molar-refractivity contribution is 5.94. The summed E-state index contributed by atoms with van der Waals surface area (Å²) in [6.07, 6.45) is -3.30. The Morgan fingerprint density at radius 3 is 2.78 bits per heavy atom. The molecule has 124 valence electrons. The molecule has 2 rings (SSSR count). The van der Waals surface area contributed by atoms with Crippen LogP contribution in [0.25, 0.3) is 5.69 Å². The second-order valence-corrected chi connectivity index (χ2v) is 4.65. The lowest BCUT2D eigenvalue weighted by molar-refractivity contribution is -0.141. The van der Waals surface area contributed by atoms with Crippen LogP contribution >= 0.6 is 0 Å². The van der Waals surface area contributed by atoms with E-state index in [-0.39, 0.29) is 5.91 Å². The Hall–Kier alpha value is -2.35. The number of rotatable bonds is 6. The van der Waals surface area contributed by atoms with Gasteiger partial charge in [0.25, 0.3) is 5.91 Å². The van der Waals surface area contributed by atoms with Crippen molar-refractivity contribution in [3.8, 4) is 5.69 Å². The molecule has 0 aliphatic carbocycles. The third kappa shape index (κ3) is 4.56. The number of hydrogen-bond acceptors (Lipinski definition) is 3. The van der Waals surface area contributed by atoms with Gasteiger partial charge < -0.3 is 10.1 Å². The van der Waals surface area contributed by atoms with Crippen molar-refractivity contribution in [1.29, 1.82) is 0 Å². The number of ether oxygens (including phenoxy) is 1. The number of nitrogens with one attached hydrogen (secondary N) is 1. The first-order chi connectivity index (χ1) is 10.9. The maximum atomic E-state index is 12.6. The van der Waals surface area contributed by atoms with E-state index >= 15 is 0 Å². The number of alkyl halides is 3. The first kappa shape index (κ1) is 17.0. The molecular weight excluding hydrogens is 311 g/mol. The molecule has 0 aliphatic rings. The van der Waals surface area contributed by atoms with Crippen LogP contribution in [0.4, 0.5) is 13.2 Å². The van der Waals surface area contributed by atoms with Crippen molar-refractivity contribution < 1.29 is 22.7 Å². The predicted octanol–water partition coefficient (Wildman–Crippen LogP) is 2.66. The number of halogens is 3. The average Bonchev–Trinajstić information content (AvgIpc) is 3.02. The molecule has 1 N–H and O–H groups in total. The van der Waals surface area contributed by atoms with Gasteiger partial charge in [0.2, 0.25) is 0 Å². The van der Waals surface area contributed by atoms with E-state index in [1.165, 1.54) is 12.3 Å². The quantitative estimate of drug-likeness (QED) is 0.830. The van der Waals surface area contributed by atoms with E-state index in [4.69, 9.17) is 4.74 Å². The number of amides is 1. The Bertz CT molecular complexity index is 668. The van der Waals surface area contributed by atoms with Gasteiger partial charge >= 0.3 is 6.18 Å². The highest BCUT2D eigenvalue weighted by Crippen LogP contribution is 2.27. The smallest absolute Gasteiger partial charge is 0.380 e. The van der Waals surface area contributed by atoms with Crippen LogP contribution in [0.3, 0.4) is 0 Å². The van der Waals surface area contributed by atoms with Gasteiger partial charge in [-0.2, -0.15) is 18.3 Å². The van der Waals surface area contributed by atoms with Crippen molar-refractivity contribution in [2.24, 2.45) is 0 Å². The summed E-state index contributed by atoms with van der Waals surface area (Å²) >= 11 is 0. The van der Waals surface area contributed by atoms with E-state index < -0.39 is 11.9 Å². The first-order valence-corrected chi connectivity index (χ1v) is 7.01. The van der Waals surface area contributed by atoms with Crippen LogP contribution in [0.15, 0.2) is 36.5 Å². The summed E-state index contributed by atoms with van der Waals surface area (Å²) < 4.78 is 43.9. The normalized spacial score (nSPS) is 11.5. The molecule has 0 fully saturated rings. The zero-order valence-corrected chi connectivity index (χ0v) is 12.4. The van der Waals surface area contributed by atoms with E-state index in [0.29, 0.717) is 31.0 Å². The Labute approximate surface area is 131 Å². The fourth-order valence-corrected chi connectivity index (χ4v) is 1.89. The summed E-state index contributed by atoms with van der Waals surface area (Å²) in [5.41, 5.74) is -0.273. The van der Waals surface area contributed by atoms with Gasteiger partial charge in [-0.05, 0) is 31.2 Å². The molecule has 8 heteroatoms. The van der Waals surface area contributed by atoms with Crippen LogP contribution in [-0.2, 0) is 10.9 Å². The Kier molecular flexibility index (Phi) is 5.38. The third-order valence-electron chi connectivity index (χ3n) is 2.99. The van der Waals surface area contributed by atoms with E-state index in [1.807, 2.05) is 6.92 Å². The Morgan fingerprint density at radius 2 is 2.13 bits per heavy atom. The zero-order valence-electron chi connectivity index (χ0n) is 12.4. The fourth-order valence-electron chi connectivity index (χ4n) is 1.89. The fraction of sp³-hybridized carbons (Fsp3) is 0.333. The standard InChI is InChI=1S/C15H16F3N3O2/c1-2-23-9-7-19-14(22)11-4-3-5-12(10-11)21-8-6-13(20-21)15(16,17)18/h3-6,8,10H,2,7,9H2,1H3,(H,19,22). The molecule has 1 aromatic heterocycles. The molecule has 0 radical (unpaired) electrons. The third-order valence-corrected chi connectivity index (χ3v) is 2.99. The molecule has 0 saturated heterocycles. The number of benzene rings is 1. The minimum Gasteiger partial charge on any atom is -0.380 e. The van der Waals surface area contributed by atoms with Crippen LogP contribution < -0.4 is 5.32 Å². The molecule has 0 saturated carbocycles. The van der Waals surface area contributed by atoms with Crippen LogP contribution in [0.2, 0.25) is 0 Å². The molecular formula is C15H16F3N3O2. The summed E-state index contributed by atoms with van der Waals surface area (Å²) in [7, 11) is 0. The summed E-state index contributed by atoms with van der Waals surface area (Å²) in [5, 5.41) is 6.15. The molecule has 0 atom stereocenters. The number of hydrogen-bond donors (Lipinski definition) is 1. The van der Waals surface area contributed by atoms with E-state index in [1.54, 1.807) is 18.2 Å². The van der Waals surface area contributed by atoms with Gasteiger partial charge in [0.05, 0.1) is 12.3 Å². The van der Waals surface area contributed by atoms with Crippen molar-refractivity contribution in [3.05, 3.63) is 47.8 Å². The van der Waals surface area contributed by atoms with Crippen molar-refractivity contribution in [1.82, 2.24) is 15.1 Å². The molecule has 5 nitrogen and oxygen atoms in total. The van der Waals surface area contributed by atoms with Gasteiger partial charge in [0.15, 0.2) is 5.69 Å². The Balaban J connectivity index is 2.10. The predicted molar refractivity (Wildman–Crippen MR) is 77.4 cm³/mol. The van der Waals surface area contributed by atoms with Crippen molar-refractivity contribution in [3.63, 3.8) is 0 Å². The van der Waals surface area contributed by atoms with E-state index in [2.05, 4.69) is 10.4 Å². The van der Waals surface area contributed by atoms with Gasteiger partial charge in [-0.25, -0.2) is 4.68 Å². The van der Waals surface area contributed by atoms with Crippen LogP contribution in [0.5, 0.6) is 0 Å². The molecule has 0 aliphatic heterocycles. The Morgan fingerprint density at radius 1 is 1.35 bits per heavy atom. The maximum absolute atomic E-state index is 12.6. The lowest BCUT2D eigenvalue weighted by Crippen LogP contribution is -2.27. The molecule has 2 aromatic rings. The van der Waals surface area contributed by atoms with Gasteiger partial charge in [0, 0.05) is 24.9 Å². The van der Waals surface area contributed by atoms with Crippen LogP contribution in [0.1, 0.15) is 23.0 Å². The van der Waals surface area contributed by atoms with Crippen LogP contribution in [0, 0.1) is 0 Å². The van der Waals surface area contributed by atoms with Gasteiger partial charge in [0.1, 0.15) is 0 Å². The topological polar surface area (TPSA) is 56.1 Å². The monoisotopic (exact) mass is 327 g/mol. The highest BCUT2D eigenvalue weighted by atomic mass is 19.4. The summed E-state index contributed by atoms with van der Waals surface area (Å²) in [5.74, 6) is -0.324. The summed E-state index contributed by atoms with van der Waals surface area (Å²) in [6, 6.07) is 7.09. The number of carbonyl (C=O) groups excluding carboxylic acids is 1. The van der Waals surface area contributed by atoms with Gasteiger partial charge in [-0.15, -0.1) is 0 Å². The molecule has 1 aromatic carbocycles. The average molecular weight is 327 g/mol. The minimum absolute atomic E-state index is 0.324. The lowest BCUT2D eigenvalue weighted by Gasteiger charge is -2.07.